The molecule has 0 aromatic heterocycles. The number of hydrogen-bond acceptors (Lipinski definition) is 0. The highest BCUT2D eigenvalue weighted by molar-refractivity contribution is 5.44. The van der Waals surface area contributed by atoms with Crippen LogP contribution in [-0.2, 0) is 51.4 Å². The van der Waals surface area contributed by atoms with Gasteiger partial charge in [0.2, 0.25) is 0 Å². The Morgan fingerprint density at radius 2 is 0.654 bits per heavy atom. The van der Waals surface area contributed by atoms with Crippen LogP contribution in [0.3, 0.4) is 0 Å². The maximum atomic E-state index is 2.41. The Morgan fingerprint density at radius 3 is 0.923 bits per heavy atom. The second kappa shape index (κ2) is 9.95. The predicted octanol–water partition coefficient (Wildman–Crippen LogP) is 6.85. The second-order valence-corrected chi connectivity index (χ2v) is 7.30. The van der Waals surface area contributed by atoms with Gasteiger partial charge in [-0.05, 0) is 95.9 Å². The number of benzene rings is 2. The molecule has 0 aliphatic heterocycles. The molecule has 0 bridgehead atoms. The molecule has 0 heteroatoms. The van der Waals surface area contributed by atoms with Crippen molar-refractivity contribution < 1.29 is 0 Å². The van der Waals surface area contributed by atoms with Gasteiger partial charge in [0.05, 0.1) is 0 Å². The van der Waals surface area contributed by atoms with Gasteiger partial charge in [-0.15, -0.1) is 0 Å². The van der Waals surface area contributed by atoms with Gasteiger partial charge < -0.3 is 0 Å². The molecule has 0 aliphatic carbocycles. The van der Waals surface area contributed by atoms with Crippen molar-refractivity contribution in [3.63, 3.8) is 0 Å². The Kier molecular flexibility index (Phi) is 7.94. The summed E-state index contributed by atoms with van der Waals surface area (Å²) in [6.07, 6.45) is 9.26. The van der Waals surface area contributed by atoms with E-state index in [2.05, 4.69) is 65.8 Å². The van der Waals surface area contributed by atoms with Crippen molar-refractivity contribution in [1.29, 1.82) is 0 Å². The zero-order valence-electron chi connectivity index (χ0n) is 18.0. The van der Waals surface area contributed by atoms with Gasteiger partial charge in [0.15, 0.2) is 0 Å². The first-order chi connectivity index (χ1) is 12.6. The van der Waals surface area contributed by atoms with E-state index in [4.69, 9.17) is 0 Å². The topological polar surface area (TPSA) is 0 Å². The smallest absolute Gasteiger partial charge is 0.0235 e. The molecule has 0 saturated carbocycles. The maximum absolute atomic E-state index is 2.41. The van der Waals surface area contributed by atoms with Crippen LogP contribution in [0.15, 0.2) is 24.3 Å². The summed E-state index contributed by atoms with van der Waals surface area (Å²) in [5.74, 6) is 0. The minimum atomic E-state index is 1.15. The standard InChI is InChI=1S/C26H38/c1-7-19-13-15-21(25(11-5)23(19)9-3)17-18-22-16-14-20(8-2)24(10-4)26(22)12-6/h13-16H,7-12,17-18H2,1-6H3. The van der Waals surface area contributed by atoms with Gasteiger partial charge in [-0.2, -0.15) is 0 Å². The Bertz CT molecular complexity index is 658. The highest BCUT2D eigenvalue weighted by atomic mass is 14.2. The molecule has 0 fully saturated rings. The maximum Gasteiger partial charge on any atom is -0.0235 e. The minimum Gasteiger partial charge on any atom is -0.0613 e. The molecule has 0 atom stereocenters. The van der Waals surface area contributed by atoms with Gasteiger partial charge in [-0.3, -0.25) is 0 Å². The van der Waals surface area contributed by atoms with Crippen LogP contribution in [0.5, 0.6) is 0 Å². The van der Waals surface area contributed by atoms with Crippen LogP contribution in [-0.4, -0.2) is 0 Å². The third-order valence-corrected chi connectivity index (χ3v) is 6.09. The molecule has 2 aromatic rings. The molecule has 2 rings (SSSR count). The van der Waals surface area contributed by atoms with Gasteiger partial charge in [-0.1, -0.05) is 65.8 Å². The molecule has 0 heterocycles. The zero-order valence-corrected chi connectivity index (χ0v) is 18.0. The summed E-state index contributed by atoms with van der Waals surface area (Å²) in [7, 11) is 0. The van der Waals surface area contributed by atoms with Crippen molar-refractivity contribution in [3.8, 4) is 0 Å². The van der Waals surface area contributed by atoms with Gasteiger partial charge >= 0.3 is 0 Å². The molecule has 0 spiro atoms. The SMILES string of the molecule is CCc1ccc(CCc2ccc(CC)c(CC)c2CC)c(CC)c1CC. The second-order valence-electron chi connectivity index (χ2n) is 7.30. The normalized spacial score (nSPS) is 11.2. The summed E-state index contributed by atoms with van der Waals surface area (Å²) < 4.78 is 0. The van der Waals surface area contributed by atoms with Crippen molar-refractivity contribution in [2.75, 3.05) is 0 Å². The van der Waals surface area contributed by atoms with E-state index in [1.165, 1.54) is 12.8 Å². The zero-order chi connectivity index (χ0) is 19.1. The lowest BCUT2D eigenvalue weighted by Gasteiger charge is -2.19. The first-order valence-electron chi connectivity index (χ1n) is 10.9. The Morgan fingerprint density at radius 1 is 0.385 bits per heavy atom. The third kappa shape index (κ3) is 4.22. The van der Waals surface area contributed by atoms with E-state index in [-0.39, 0.29) is 0 Å². The van der Waals surface area contributed by atoms with Crippen LogP contribution in [0.1, 0.15) is 86.1 Å². The van der Waals surface area contributed by atoms with E-state index in [1.54, 1.807) is 44.5 Å². The molecule has 2 aromatic carbocycles. The van der Waals surface area contributed by atoms with Crippen LogP contribution in [0.2, 0.25) is 0 Å². The number of hydrogen-bond donors (Lipinski definition) is 0. The van der Waals surface area contributed by atoms with Crippen molar-refractivity contribution in [3.05, 3.63) is 68.8 Å². The van der Waals surface area contributed by atoms with E-state index >= 15 is 0 Å². The highest BCUT2D eigenvalue weighted by Crippen LogP contribution is 2.26. The fraction of sp³-hybridized carbons (Fsp3) is 0.538. The average molecular weight is 351 g/mol. The lowest BCUT2D eigenvalue weighted by Crippen LogP contribution is -2.07. The Labute approximate surface area is 162 Å². The van der Waals surface area contributed by atoms with Gasteiger partial charge in [0.25, 0.3) is 0 Å². The number of rotatable bonds is 9. The molecule has 0 amide bonds. The Hall–Kier alpha value is -1.56. The number of aryl methyl sites for hydroxylation is 4. The van der Waals surface area contributed by atoms with Gasteiger partial charge in [0.1, 0.15) is 0 Å². The fourth-order valence-electron chi connectivity index (χ4n) is 4.74. The molecule has 0 saturated heterocycles. The van der Waals surface area contributed by atoms with Crippen molar-refractivity contribution in [2.24, 2.45) is 0 Å². The first kappa shape index (κ1) is 20.7. The molecule has 0 unspecified atom stereocenters. The summed E-state index contributed by atoms with van der Waals surface area (Å²) in [4.78, 5) is 0. The van der Waals surface area contributed by atoms with Gasteiger partial charge in [-0.25, -0.2) is 0 Å². The summed E-state index contributed by atoms with van der Waals surface area (Å²) in [5, 5.41) is 0. The first-order valence-corrected chi connectivity index (χ1v) is 10.9. The third-order valence-electron chi connectivity index (χ3n) is 6.09. The van der Waals surface area contributed by atoms with Crippen molar-refractivity contribution in [2.45, 2.75) is 92.9 Å². The van der Waals surface area contributed by atoms with Crippen molar-refractivity contribution >= 4 is 0 Å². The lowest BCUT2D eigenvalue weighted by atomic mass is 9.86. The van der Waals surface area contributed by atoms with E-state index in [1.807, 2.05) is 0 Å². The molecule has 0 N–H and O–H groups in total. The average Bonchev–Trinajstić information content (AvgIpc) is 2.70. The molecule has 0 nitrogen and oxygen atoms in total. The fourth-order valence-corrected chi connectivity index (χ4v) is 4.74. The molecule has 26 heavy (non-hydrogen) atoms. The largest absolute Gasteiger partial charge is 0.0613 e. The van der Waals surface area contributed by atoms with E-state index in [0.29, 0.717) is 0 Å². The van der Waals surface area contributed by atoms with E-state index in [0.717, 1.165) is 38.5 Å². The lowest BCUT2D eigenvalue weighted by molar-refractivity contribution is 0.873. The van der Waals surface area contributed by atoms with Crippen LogP contribution in [0.4, 0.5) is 0 Å². The molecule has 0 aliphatic rings. The minimum absolute atomic E-state index is 1.15. The quantitative estimate of drug-likeness (QED) is 0.464. The summed E-state index contributed by atoms with van der Waals surface area (Å²) in [6, 6.07) is 9.57. The molecule has 142 valence electrons. The summed E-state index contributed by atoms with van der Waals surface area (Å²) >= 11 is 0. The Balaban J connectivity index is 2.35. The monoisotopic (exact) mass is 350 g/mol. The summed E-state index contributed by atoms with van der Waals surface area (Å²) in [5.41, 5.74) is 12.7. The molecule has 0 radical (unpaired) electrons. The molecular weight excluding hydrogens is 312 g/mol. The summed E-state index contributed by atoms with van der Waals surface area (Å²) in [6.45, 7) is 13.8. The predicted molar refractivity (Wildman–Crippen MR) is 117 cm³/mol. The van der Waals surface area contributed by atoms with E-state index < -0.39 is 0 Å². The van der Waals surface area contributed by atoms with Crippen LogP contribution >= 0.6 is 0 Å². The van der Waals surface area contributed by atoms with Gasteiger partial charge in [0, 0.05) is 0 Å². The molecular formula is C26H38. The van der Waals surface area contributed by atoms with E-state index in [9.17, 15) is 0 Å². The van der Waals surface area contributed by atoms with Crippen LogP contribution in [0.25, 0.3) is 0 Å². The highest BCUT2D eigenvalue weighted by Gasteiger charge is 2.13. The van der Waals surface area contributed by atoms with Crippen molar-refractivity contribution in [1.82, 2.24) is 0 Å². The van der Waals surface area contributed by atoms with Crippen LogP contribution < -0.4 is 0 Å². The van der Waals surface area contributed by atoms with Crippen LogP contribution in [0, 0.1) is 0 Å².